The van der Waals surface area contributed by atoms with Crippen LogP contribution >= 0.6 is 23.5 Å². The van der Waals surface area contributed by atoms with Gasteiger partial charge in [0.25, 0.3) is 0 Å². The number of thioether (sulfide) groups is 2. The molecule has 0 radical (unpaired) electrons. The van der Waals surface area contributed by atoms with Crippen LogP contribution in [0.25, 0.3) is 12.2 Å². The first-order valence-corrected chi connectivity index (χ1v) is 9.32. The number of carbonyl (C=O) groups excluding carboxylic acids is 2. The molecule has 0 saturated heterocycles. The highest BCUT2D eigenvalue weighted by Crippen LogP contribution is 2.26. The van der Waals surface area contributed by atoms with Gasteiger partial charge < -0.3 is 0 Å². The molecular formula is C21H17FO2S2. The maximum absolute atomic E-state index is 14.1. The molecule has 0 aliphatic heterocycles. The van der Waals surface area contributed by atoms with Gasteiger partial charge in [0.05, 0.1) is 4.90 Å². The third kappa shape index (κ3) is 5.86. The Morgan fingerprint density at radius 3 is 2.19 bits per heavy atom. The van der Waals surface area contributed by atoms with E-state index in [1.165, 1.54) is 12.1 Å². The molecule has 2 aromatic carbocycles. The second-order valence-corrected chi connectivity index (χ2v) is 7.48. The number of rotatable bonds is 6. The Labute approximate surface area is 160 Å². The first-order chi connectivity index (χ1) is 12.4. The van der Waals surface area contributed by atoms with E-state index in [1.54, 1.807) is 25.1 Å². The van der Waals surface area contributed by atoms with Crippen LogP contribution in [0.3, 0.4) is 0 Å². The van der Waals surface area contributed by atoms with E-state index >= 15 is 0 Å². The molecule has 2 aromatic rings. The maximum Gasteiger partial charge on any atom is 0.219 e. The molecule has 0 saturated carbocycles. The van der Waals surface area contributed by atoms with Crippen molar-refractivity contribution < 1.29 is 14.0 Å². The first kappa shape index (κ1) is 19.9. The largest absolute Gasteiger partial charge is 0.282 e. The average Bonchev–Trinajstić information content (AvgIpc) is 2.62. The number of hydrogen-bond donors (Lipinski definition) is 0. The minimum Gasteiger partial charge on any atom is -0.282 e. The van der Waals surface area contributed by atoms with Crippen molar-refractivity contribution in [2.45, 2.75) is 16.7 Å². The molecule has 0 N–H and O–H groups in total. The van der Waals surface area contributed by atoms with E-state index in [-0.39, 0.29) is 15.1 Å². The van der Waals surface area contributed by atoms with E-state index in [1.807, 2.05) is 30.3 Å². The van der Waals surface area contributed by atoms with Crippen LogP contribution in [-0.4, -0.2) is 10.2 Å². The first-order valence-electron chi connectivity index (χ1n) is 7.68. The van der Waals surface area contributed by atoms with Crippen LogP contribution in [0.4, 0.5) is 4.39 Å². The molecule has 0 atom stereocenters. The molecule has 0 spiro atoms. The van der Waals surface area contributed by atoms with Crippen LogP contribution in [-0.2, 0) is 9.59 Å². The zero-order chi connectivity index (χ0) is 19.1. The normalized spacial score (nSPS) is 10.7. The Kier molecular flexibility index (Phi) is 7.18. The predicted octanol–water partition coefficient (Wildman–Crippen LogP) is 6.00. The maximum atomic E-state index is 14.1. The second kappa shape index (κ2) is 9.36. The number of benzene rings is 2. The van der Waals surface area contributed by atoms with E-state index in [0.717, 1.165) is 34.0 Å². The fourth-order valence-electron chi connectivity index (χ4n) is 1.89. The van der Waals surface area contributed by atoms with Gasteiger partial charge in [0.2, 0.25) is 10.2 Å². The van der Waals surface area contributed by atoms with Crippen LogP contribution < -0.4 is 0 Å². The predicted molar refractivity (Wildman–Crippen MR) is 109 cm³/mol. The zero-order valence-corrected chi connectivity index (χ0v) is 15.8. The molecule has 0 aromatic heterocycles. The monoisotopic (exact) mass is 384 g/mol. The van der Waals surface area contributed by atoms with Gasteiger partial charge in [-0.05, 0) is 77.5 Å². The molecule has 0 unspecified atom stereocenters. The summed E-state index contributed by atoms with van der Waals surface area (Å²) in [6, 6.07) is 12.2. The van der Waals surface area contributed by atoms with Crippen LogP contribution in [0.5, 0.6) is 0 Å². The highest BCUT2D eigenvalue weighted by molar-refractivity contribution is 8.14. The molecule has 5 heteroatoms. The lowest BCUT2D eigenvalue weighted by molar-refractivity contribution is -0.108. The Hall–Kier alpha value is -2.37. The lowest BCUT2D eigenvalue weighted by Gasteiger charge is -2.03. The fourth-order valence-corrected chi connectivity index (χ4v) is 3.14. The van der Waals surface area contributed by atoms with Crippen molar-refractivity contribution in [2.75, 3.05) is 0 Å². The van der Waals surface area contributed by atoms with Gasteiger partial charge in [0.1, 0.15) is 5.82 Å². The van der Waals surface area contributed by atoms with Crippen LogP contribution in [0.15, 0.2) is 77.1 Å². The molecule has 2 nitrogen and oxygen atoms in total. The van der Waals surface area contributed by atoms with Gasteiger partial charge in [-0.3, -0.25) is 9.59 Å². The van der Waals surface area contributed by atoms with Crippen molar-refractivity contribution in [3.05, 3.63) is 84.2 Å². The summed E-state index contributed by atoms with van der Waals surface area (Å²) in [5.74, 6) is -0.443. The van der Waals surface area contributed by atoms with Crippen LogP contribution in [0.1, 0.15) is 18.1 Å². The van der Waals surface area contributed by atoms with Crippen molar-refractivity contribution in [1.82, 2.24) is 0 Å². The summed E-state index contributed by atoms with van der Waals surface area (Å²) in [5, 5.41) is -0.355. The quantitative estimate of drug-likeness (QED) is 0.348. The van der Waals surface area contributed by atoms with E-state index in [0.29, 0.717) is 11.1 Å². The molecular weight excluding hydrogens is 367 g/mol. The topological polar surface area (TPSA) is 34.1 Å². The Morgan fingerprint density at radius 1 is 1.00 bits per heavy atom. The number of halogens is 1. The zero-order valence-electron chi connectivity index (χ0n) is 14.2. The molecule has 0 fully saturated rings. The van der Waals surface area contributed by atoms with E-state index in [2.05, 4.69) is 13.2 Å². The summed E-state index contributed by atoms with van der Waals surface area (Å²) in [6.45, 7) is 8.60. The highest BCUT2D eigenvalue weighted by atomic mass is 32.2. The van der Waals surface area contributed by atoms with E-state index in [9.17, 15) is 14.0 Å². The van der Waals surface area contributed by atoms with Gasteiger partial charge in [-0.1, -0.05) is 43.5 Å². The standard InChI is InChI=1S/C21H17FO2S2/c1-4-20(23)25-17-10-7-15(8-11-17)5-6-16-9-12-19(18(22)13-16)26-21(24)14(2)3/h4-13H,1-2H2,3H3/b6-5+. The minimum atomic E-state index is -0.443. The lowest BCUT2D eigenvalue weighted by atomic mass is 10.1. The summed E-state index contributed by atoms with van der Waals surface area (Å²) in [7, 11) is 0. The third-order valence-corrected chi connectivity index (χ3v) is 5.20. The van der Waals surface area contributed by atoms with Gasteiger partial charge >= 0.3 is 0 Å². The lowest BCUT2D eigenvalue weighted by Crippen LogP contribution is -1.93. The van der Waals surface area contributed by atoms with Gasteiger partial charge in [-0.15, -0.1) is 0 Å². The molecule has 2 rings (SSSR count). The minimum absolute atomic E-state index is 0.105. The molecule has 0 heterocycles. The molecule has 0 aliphatic rings. The smallest absolute Gasteiger partial charge is 0.219 e. The second-order valence-electron chi connectivity index (χ2n) is 5.39. The van der Waals surface area contributed by atoms with Gasteiger partial charge in [0, 0.05) is 4.90 Å². The molecule has 0 aliphatic carbocycles. The van der Waals surface area contributed by atoms with Crippen LogP contribution in [0.2, 0.25) is 0 Å². The van der Waals surface area contributed by atoms with E-state index in [4.69, 9.17) is 0 Å². The summed E-state index contributed by atoms with van der Waals surface area (Å²) in [6.07, 6.45) is 4.92. The van der Waals surface area contributed by atoms with Gasteiger partial charge in [0.15, 0.2) is 0 Å². The average molecular weight is 384 g/mol. The van der Waals surface area contributed by atoms with E-state index < -0.39 is 5.82 Å². The molecule has 0 amide bonds. The Morgan fingerprint density at radius 2 is 1.62 bits per heavy atom. The summed E-state index contributed by atoms with van der Waals surface area (Å²) in [5.41, 5.74) is 2.00. The van der Waals surface area contributed by atoms with Crippen molar-refractivity contribution in [3.63, 3.8) is 0 Å². The van der Waals surface area contributed by atoms with Crippen LogP contribution in [0, 0.1) is 5.82 Å². The van der Waals surface area contributed by atoms with Gasteiger partial charge in [-0.2, -0.15) is 0 Å². The molecule has 26 heavy (non-hydrogen) atoms. The Balaban J connectivity index is 2.07. The van der Waals surface area contributed by atoms with Crippen molar-refractivity contribution >= 4 is 45.9 Å². The number of hydrogen-bond acceptors (Lipinski definition) is 4. The third-order valence-electron chi connectivity index (χ3n) is 3.24. The summed E-state index contributed by atoms with van der Waals surface area (Å²) >= 11 is 1.95. The SMILES string of the molecule is C=CC(=O)Sc1ccc(/C=C/c2ccc(SC(=O)C(=C)C)c(F)c2)cc1. The van der Waals surface area contributed by atoms with Crippen molar-refractivity contribution in [3.8, 4) is 0 Å². The molecule has 0 bridgehead atoms. The molecule has 132 valence electrons. The summed E-state index contributed by atoms with van der Waals surface area (Å²) < 4.78 is 14.1. The fraction of sp³-hybridized carbons (Fsp3) is 0.0476. The number of carbonyl (C=O) groups is 2. The van der Waals surface area contributed by atoms with Crippen molar-refractivity contribution in [1.29, 1.82) is 0 Å². The highest BCUT2D eigenvalue weighted by Gasteiger charge is 2.10. The summed E-state index contributed by atoms with van der Waals surface area (Å²) in [4.78, 5) is 24.1. The van der Waals surface area contributed by atoms with Gasteiger partial charge in [-0.25, -0.2) is 4.39 Å². The van der Waals surface area contributed by atoms with Crippen molar-refractivity contribution in [2.24, 2.45) is 0 Å². The Bertz CT molecular complexity index is 883.